The van der Waals surface area contributed by atoms with Crippen molar-refractivity contribution >= 4 is 5.97 Å². The number of carboxylic acids is 1. The number of fused-ring (bicyclic) bond motifs is 1. The number of carboxylic acid groups (broad SMARTS) is 1. The first-order chi connectivity index (χ1) is 9.72. The molecule has 20 heavy (non-hydrogen) atoms. The standard InChI is InChI=1S/C17H21NO2/c19-16(20)11-4-3-6-13-12(11)10-15-14-5-1-2-7-17(13,14)8-9-18-15/h3-4,6,14-15,18H,1-2,5,7-10H2,(H,19,20)/t14-,15+,17-/m0/s1. The van der Waals surface area contributed by atoms with Gasteiger partial charge >= 0.3 is 5.97 Å². The maximum Gasteiger partial charge on any atom is 0.335 e. The van der Waals surface area contributed by atoms with Crippen molar-refractivity contribution in [3.63, 3.8) is 0 Å². The van der Waals surface area contributed by atoms with E-state index in [0.29, 0.717) is 17.5 Å². The monoisotopic (exact) mass is 271 g/mol. The van der Waals surface area contributed by atoms with Gasteiger partial charge in [-0.3, -0.25) is 0 Å². The van der Waals surface area contributed by atoms with Gasteiger partial charge in [0, 0.05) is 11.5 Å². The van der Waals surface area contributed by atoms with Gasteiger partial charge in [0.1, 0.15) is 0 Å². The molecule has 1 saturated carbocycles. The number of hydrogen-bond acceptors (Lipinski definition) is 2. The van der Waals surface area contributed by atoms with Gasteiger partial charge in [0.05, 0.1) is 5.56 Å². The molecule has 1 aliphatic heterocycles. The largest absolute Gasteiger partial charge is 0.478 e. The molecular weight excluding hydrogens is 250 g/mol. The zero-order valence-electron chi connectivity index (χ0n) is 11.7. The maximum atomic E-state index is 11.5. The summed E-state index contributed by atoms with van der Waals surface area (Å²) in [7, 11) is 0. The molecule has 0 aromatic heterocycles. The van der Waals surface area contributed by atoms with E-state index >= 15 is 0 Å². The van der Waals surface area contributed by atoms with Crippen LogP contribution in [0, 0.1) is 5.92 Å². The van der Waals surface area contributed by atoms with Crippen LogP contribution in [0.2, 0.25) is 0 Å². The minimum atomic E-state index is -0.773. The molecule has 1 aromatic rings. The van der Waals surface area contributed by atoms with Crippen molar-refractivity contribution < 1.29 is 9.90 Å². The van der Waals surface area contributed by atoms with E-state index in [-0.39, 0.29) is 5.41 Å². The van der Waals surface area contributed by atoms with Gasteiger partial charge in [-0.2, -0.15) is 0 Å². The zero-order chi connectivity index (χ0) is 13.7. The second-order valence-corrected chi connectivity index (χ2v) is 6.66. The molecular formula is C17H21NO2. The minimum absolute atomic E-state index is 0.257. The van der Waals surface area contributed by atoms with Crippen molar-refractivity contribution in [2.75, 3.05) is 6.54 Å². The van der Waals surface area contributed by atoms with Crippen LogP contribution in [0.25, 0.3) is 0 Å². The van der Waals surface area contributed by atoms with Crippen molar-refractivity contribution in [1.29, 1.82) is 0 Å². The summed E-state index contributed by atoms with van der Waals surface area (Å²) < 4.78 is 0. The molecule has 106 valence electrons. The molecule has 1 saturated heterocycles. The van der Waals surface area contributed by atoms with Gasteiger partial charge in [-0.1, -0.05) is 25.0 Å². The minimum Gasteiger partial charge on any atom is -0.478 e. The summed E-state index contributed by atoms with van der Waals surface area (Å²) in [5.74, 6) is -0.0628. The molecule has 4 rings (SSSR count). The molecule has 2 fully saturated rings. The number of rotatable bonds is 1. The van der Waals surface area contributed by atoms with Crippen molar-refractivity contribution in [3.8, 4) is 0 Å². The SMILES string of the molecule is O=C(O)c1cccc2c1C[C@H]1NCC[C@@]23CCCC[C@@H]13. The lowest BCUT2D eigenvalue weighted by molar-refractivity contribution is 0.0676. The molecule has 2 N–H and O–H groups in total. The molecule has 3 heteroatoms. The Morgan fingerprint density at radius 1 is 1.30 bits per heavy atom. The van der Waals surface area contributed by atoms with Crippen LogP contribution in [0.5, 0.6) is 0 Å². The van der Waals surface area contributed by atoms with E-state index in [2.05, 4.69) is 11.4 Å². The van der Waals surface area contributed by atoms with Crippen molar-refractivity contribution in [2.45, 2.75) is 50.0 Å². The second kappa shape index (κ2) is 4.32. The molecule has 3 aliphatic rings. The fourth-order valence-electron chi connectivity index (χ4n) is 5.16. The number of benzene rings is 1. The number of carbonyl (C=O) groups is 1. The van der Waals surface area contributed by atoms with Crippen LogP contribution in [-0.4, -0.2) is 23.7 Å². The molecule has 1 heterocycles. The number of nitrogens with one attached hydrogen (secondary N) is 1. The average molecular weight is 271 g/mol. The number of aromatic carboxylic acids is 1. The highest BCUT2D eigenvalue weighted by Gasteiger charge is 2.51. The van der Waals surface area contributed by atoms with Gasteiger partial charge in [0.2, 0.25) is 0 Å². The topological polar surface area (TPSA) is 49.3 Å². The maximum absolute atomic E-state index is 11.5. The summed E-state index contributed by atoms with van der Waals surface area (Å²) in [6, 6.07) is 6.42. The Kier molecular flexibility index (Phi) is 2.68. The highest BCUT2D eigenvalue weighted by Crippen LogP contribution is 2.54. The summed E-state index contributed by atoms with van der Waals surface area (Å²) in [5.41, 5.74) is 3.25. The summed E-state index contributed by atoms with van der Waals surface area (Å²) in [4.78, 5) is 11.5. The Bertz CT molecular complexity index is 564. The lowest BCUT2D eigenvalue weighted by Crippen LogP contribution is -2.59. The molecule has 0 spiro atoms. The highest BCUT2D eigenvalue weighted by molar-refractivity contribution is 5.90. The van der Waals surface area contributed by atoms with E-state index in [4.69, 9.17) is 0 Å². The highest BCUT2D eigenvalue weighted by atomic mass is 16.4. The quantitative estimate of drug-likeness (QED) is 0.825. The molecule has 3 nitrogen and oxygen atoms in total. The number of piperidine rings is 1. The van der Waals surface area contributed by atoms with Crippen LogP contribution in [0.4, 0.5) is 0 Å². The van der Waals surface area contributed by atoms with Crippen molar-refractivity contribution in [2.24, 2.45) is 5.92 Å². The Morgan fingerprint density at radius 3 is 3.05 bits per heavy atom. The first-order valence-corrected chi connectivity index (χ1v) is 7.81. The third-order valence-electron chi connectivity index (χ3n) is 5.93. The zero-order valence-corrected chi connectivity index (χ0v) is 11.7. The smallest absolute Gasteiger partial charge is 0.335 e. The van der Waals surface area contributed by atoms with Gasteiger partial charge < -0.3 is 10.4 Å². The second-order valence-electron chi connectivity index (χ2n) is 6.66. The van der Waals surface area contributed by atoms with Gasteiger partial charge in [-0.15, -0.1) is 0 Å². The normalized spacial score (nSPS) is 35.0. The van der Waals surface area contributed by atoms with E-state index < -0.39 is 5.97 Å². The molecule has 1 aromatic carbocycles. The molecule has 0 amide bonds. The van der Waals surface area contributed by atoms with Crippen LogP contribution < -0.4 is 5.32 Å². The van der Waals surface area contributed by atoms with Crippen LogP contribution in [0.1, 0.15) is 53.6 Å². The summed E-state index contributed by atoms with van der Waals surface area (Å²) in [6.07, 6.45) is 7.23. The Balaban J connectivity index is 1.93. The van der Waals surface area contributed by atoms with Gasteiger partial charge in [0.15, 0.2) is 0 Å². The van der Waals surface area contributed by atoms with Crippen LogP contribution in [-0.2, 0) is 11.8 Å². The summed E-state index contributed by atoms with van der Waals surface area (Å²) in [6.45, 7) is 1.08. The van der Waals surface area contributed by atoms with E-state index in [0.717, 1.165) is 18.5 Å². The lowest BCUT2D eigenvalue weighted by atomic mass is 9.52. The molecule has 0 radical (unpaired) electrons. The van der Waals surface area contributed by atoms with Crippen LogP contribution in [0.3, 0.4) is 0 Å². The molecule has 0 unspecified atom stereocenters. The molecule has 2 aliphatic carbocycles. The first kappa shape index (κ1) is 12.4. The van der Waals surface area contributed by atoms with Crippen molar-refractivity contribution in [1.82, 2.24) is 5.32 Å². The van der Waals surface area contributed by atoms with Gasteiger partial charge in [-0.05, 0) is 55.3 Å². The fraction of sp³-hybridized carbons (Fsp3) is 0.588. The van der Waals surface area contributed by atoms with E-state index in [1.54, 1.807) is 6.07 Å². The Hall–Kier alpha value is -1.35. The van der Waals surface area contributed by atoms with Crippen LogP contribution in [0.15, 0.2) is 18.2 Å². The summed E-state index contributed by atoms with van der Waals surface area (Å²) in [5, 5.41) is 13.1. The summed E-state index contributed by atoms with van der Waals surface area (Å²) >= 11 is 0. The van der Waals surface area contributed by atoms with Gasteiger partial charge in [0.25, 0.3) is 0 Å². The van der Waals surface area contributed by atoms with E-state index in [9.17, 15) is 9.90 Å². The molecule has 3 atom stereocenters. The van der Waals surface area contributed by atoms with Crippen molar-refractivity contribution in [3.05, 3.63) is 34.9 Å². The lowest BCUT2D eigenvalue weighted by Gasteiger charge is -2.56. The number of hydrogen-bond donors (Lipinski definition) is 2. The first-order valence-electron chi connectivity index (χ1n) is 7.81. The third kappa shape index (κ3) is 1.53. The Morgan fingerprint density at radius 2 is 2.20 bits per heavy atom. The van der Waals surface area contributed by atoms with Gasteiger partial charge in [-0.25, -0.2) is 4.79 Å². The molecule has 2 bridgehead atoms. The third-order valence-corrected chi connectivity index (χ3v) is 5.93. The average Bonchev–Trinajstić information content (AvgIpc) is 2.46. The van der Waals surface area contributed by atoms with E-state index in [1.165, 1.54) is 37.7 Å². The van der Waals surface area contributed by atoms with E-state index in [1.807, 2.05) is 6.07 Å². The predicted molar refractivity (Wildman–Crippen MR) is 77.1 cm³/mol. The van der Waals surface area contributed by atoms with Crippen LogP contribution >= 0.6 is 0 Å². The predicted octanol–water partition coefficient (Wildman–Crippen LogP) is 2.73. The fourth-order valence-corrected chi connectivity index (χ4v) is 5.16. The Labute approximate surface area is 119 Å².